The smallest absolute Gasteiger partial charge is 0.161 e. The third-order valence-electron chi connectivity index (χ3n) is 2.77. The fraction of sp³-hybridized carbons (Fsp3) is 0. The summed E-state index contributed by atoms with van der Waals surface area (Å²) in [4.78, 5) is 8.06. The third kappa shape index (κ3) is 2.20. The summed E-state index contributed by atoms with van der Waals surface area (Å²) in [5, 5.41) is 0.180. The zero-order valence-corrected chi connectivity index (χ0v) is 10.6. The molecule has 3 rings (SSSR count). The first kappa shape index (κ1) is 12.9. The number of hydrogen-bond acceptors (Lipinski definition) is 2. The average Bonchev–Trinajstić information content (AvgIpc) is 2.41. The van der Waals surface area contributed by atoms with Gasteiger partial charge in [-0.2, -0.15) is 0 Å². The van der Waals surface area contributed by atoms with Gasteiger partial charge in [0.15, 0.2) is 17.5 Å². The molecule has 20 heavy (non-hydrogen) atoms. The van der Waals surface area contributed by atoms with Crippen LogP contribution in [0.15, 0.2) is 36.4 Å². The monoisotopic (exact) mass is 294 g/mol. The molecule has 0 fully saturated rings. The van der Waals surface area contributed by atoms with Crippen molar-refractivity contribution in [1.29, 1.82) is 0 Å². The predicted octanol–water partition coefficient (Wildman–Crippen LogP) is 4.37. The van der Waals surface area contributed by atoms with Gasteiger partial charge < -0.3 is 0 Å². The Bertz CT molecular complexity index is 821. The second-order valence-corrected chi connectivity index (χ2v) is 4.49. The van der Waals surface area contributed by atoms with Crippen LogP contribution in [-0.2, 0) is 0 Å². The van der Waals surface area contributed by atoms with Gasteiger partial charge in [0.25, 0.3) is 0 Å². The van der Waals surface area contributed by atoms with E-state index in [0.29, 0.717) is 5.56 Å². The Morgan fingerprint density at radius 3 is 2.40 bits per heavy atom. The van der Waals surface area contributed by atoms with Gasteiger partial charge in [0.05, 0.1) is 5.52 Å². The molecule has 0 bridgehead atoms. The van der Waals surface area contributed by atoms with Crippen LogP contribution in [0.4, 0.5) is 13.2 Å². The Morgan fingerprint density at radius 1 is 0.900 bits per heavy atom. The average molecular weight is 295 g/mol. The lowest BCUT2D eigenvalue weighted by Crippen LogP contribution is -1.94. The Kier molecular flexibility index (Phi) is 3.06. The van der Waals surface area contributed by atoms with Crippen LogP contribution in [0.3, 0.4) is 0 Å². The molecule has 0 spiro atoms. The molecule has 0 atom stereocenters. The molecule has 100 valence electrons. The van der Waals surface area contributed by atoms with E-state index < -0.39 is 17.5 Å². The number of nitrogens with zero attached hydrogens (tertiary/aromatic N) is 2. The fourth-order valence-corrected chi connectivity index (χ4v) is 2.07. The Balaban J connectivity index is 2.26. The first-order chi connectivity index (χ1) is 9.54. The van der Waals surface area contributed by atoms with Crippen molar-refractivity contribution in [2.75, 3.05) is 0 Å². The third-order valence-corrected chi connectivity index (χ3v) is 3.06. The molecule has 0 aliphatic rings. The zero-order chi connectivity index (χ0) is 14.3. The van der Waals surface area contributed by atoms with Crippen molar-refractivity contribution in [2.45, 2.75) is 0 Å². The van der Waals surface area contributed by atoms with E-state index in [9.17, 15) is 13.2 Å². The minimum Gasteiger partial charge on any atom is -0.228 e. The van der Waals surface area contributed by atoms with Gasteiger partial charge >= 0.3 is 0 Å². The summed E-state index contributed by atoms with van der Waals surface area (Å²) in [5.74, 6) is -2.36. The lowest BCUT2D eigenvalue weighted by Gasteiger charge is -2.05. The Hall–Kier alpha value is -2.14. The van der Waals surface area contributed by atoms with Crippen LogP contribution in [0.5, 0.6) is 0 Å². The van der Waals surface area contributed by atoms with E-state index in [1.807, 2.05) is 0 Å². The molecule has 2 nitrogen and oxygen atoms in total. The van der Waals surface area contributed by atoms with E-state index >= 15 is 0 Å². The maximum absolute atomic E-state index is 13.2. The van der Waals surface area contributed by atoms with Crippen LogP contribution in [-0.4, -0.2) is 9.97 Å². The van der Waals surface area contributed by atoms with Crippen molar-refractivity contribution >= 4 is 22.5 Å². The highest BCUT2D eigenvalue weighted by molar-refractivity contribution is 6.34. The van der Waals surface area contributed by atoms with Gasteiger partial charge in [0.1, 0.15) is 11.0 Å². The summed E-state index contributed by atoms with van der Waals surface area (Å²) in [6.07, 6.45) is 0. The minimum absolute atomic E-state index is 0.0202. The summed E-state index contributed by atoms with van der Waals surface area (Å²) < 4.78 is 39.6. The van der Waals surface area contributed by atoms with Gasteiger partial charge in [0.2, 0.25) is 0 Å². The summed E-state index contributed by atoms with van der Waals surface area (Å²) >= 11 is 5.94. The van der Waals surface area contributed by atoms with Crippen molar-refractivity contribution < 1.29 is 13.2 Å². The van der Waals surface area contributed by atoms with Crippen molar-refractivity contribution in [2.24, 2.45) is 0 Å². The second kappa shape index (κ2) is 4.76. The number of fused-ring (bicyclic) bond motifs is 1. The van der Waals surface area contributed by atoms with Crippen LogP contribution in [0.2, 0.25) is 5.15 Å². The van der Waals surface area contributed by atoms with Gasteiger partial charge in [0, 0.05) is 17.0 Å². The van der Waals surface area contributed by atoms with E-state index in [1.165, 1.54) is 18.2 Å². The fourth-order valence-electron chi connectivity index (χ4n) is 1.84. The second-order valence-electron chi connectivity index (χ2n) is 4.13. The van der Waals surface area contributed by atoms with E-state index in [4.69, 9.17) is 11.6 Å². The lowest BCUT2D eigenvalue weighted by atomic mass is 10.2. The molecule has 0 aliphatic carbocycles. The molecule has 0 amide bonds. The van der Waals surface area contributed by atoms with Crippen molar-refractivity contribution in [3.63, 3.8) is 0 Å². The summed E-state index contributed by atoms with van der Waals surface area (Å²) in [6, 6.07) is 7.47. The van der Waals surface area contributed by atoms with Crippen molar-refractivity contribution in [3.8, 4) is 11.4 Å². The highest BCUT2D eigenvalue weighted by Crippen LogP contribution is 2.26. The molecule has 6 heteroatoms. The molecule has 0 saturated heterocycles. The predicted molar refractivity (Wildman–Crippen MR) is 69.9 cm³/mol. The van der Waals surface area contributed by atoms with Gasteiger partial charge in [-0.15, -0.1) is 0 Å². The Morgan fingerprint density at radius 2 is 1.65 bits per heavy atom. The number of hydrogen-bond donors (Lipinski definition) is 0. The van der Waals surface area contributed by atoms with Crippen LogP contribution >= 0.6 is 11.6 Å². The van der Waals surface area contributed by atoms with Crippen LogP contribution in [0.25, 0.3) is 22.3 Å². The molecule has 3 aromatic rings. The molecule has 1 heterocycles. The maximum Gasteiger partial charge on any atom is 0.161 e. The minimum atomic E-state index is -1.03. The first-order valence-electron chi connectivity index (χ1n) is 5.63. The summed E-state index contributed by atoms with van der Waals surface area (Å²) in [6.45, 7) is 0. The zero-order valence-electron chi connectivity index (χ0n) is 9.87. The lowest BCUT2D eigenvalue weighted by molar-refractivity contribution is 0.510. The van der Waals surface area contributed by atoms with E-state index in [2.05, 4.69) is 9.97 Å². The topological polar surface area (TPSA) is 25.8 Å². The molecule has 0 saturated carbocycles. The molecule has 2 aromatic carbocycles. The van der Waals surface area contributed by atoms with E-state index in [-0.39, 0.29) is 21.9 Å². The number of halogens is 4. The molecule has 0 N–H and O–H groups in total. The van der Waals surface area contributed by atoms with Gasteiger partial charge in [-0.05, 0) is 18.2 Å². The molecule has 0 radical (unpaired) electrons. The summed E-state index contributed by atoms with van der Waals surface area (Å²) in [7, 11) is 0. The first-order valence-corrected chi connectivity index (χ1v) is 6.00. The largest absolute Gasteiger partial charge is 0.228 e. The van der Waals surface area contributed by atoms with Gasteiger partial charge in [-0.1, -0.05) is 23.7 Å². The van der Waals surface area contributed by atoms with Gasteiger partial charge in [-0.25, -0.2) is 23.1 Å². The highest BCUT2D eigenvalue weighted by atomic mass is 35.5. The number of rotatable bonds is 1. The molecule has 0 aliphatic heterocycles. The number of aromatic nitrogens is 2. The van der Waals surface area contributed by atoms with E-state index in [0.717, 1.165) is 12.1 Å². The van der Waals surface area contributed by atoms with E-state index in [1.54, 1.807) is 6.07 Å². The van der Waals surface area contributed by atoms with Crippen LogP contribution in [0, 0.1) is 17.5 Å². The SMILES string of the molecule is Fc1cccc(-c2nc(Cl)c3cc(F)c(F)cc3n2)c1. The molecule has 1 aromatic heterocycles. The standard InChI is InChI=1S/C14H6ClF3N2/c15-13-9-5-10(17)11(18)6-12(9)19-14(20-13)7-2-1-3-8(16)4-7/h1-6H. The Labute approximate surface area is 116 Å². The number of benzene rings is 2. The quantitative estimate of drug-likeness (QED) is 0.623. The van der Waals surface area contributed by atoms with Crippen molar-refractivity contribution in [3.05, 3.63) is 59.0 Å². The van der Waals surface area contributed by atoms with Gasteiger partial charge in [-0.3, -0.25) is 0 Å². The van der Waals surface area contributed by atoms with Crippen LogP contribution < -0.4 is 0 Å². The molecular formula is C14H6ClF3N2. The summed E-state index contributed by atoms with van der Waals surface area (Å²) in [5.41, 5.74) is 0.557. The normalized spacial score (nSPS) is 11.0. The molecule has 0 unspecified atom stereocenters. The highest BCUT2D eigenvalue weighted by Gasteiger charge is 2.12. The van der Waals surface area contributed by atoms with Crippen molar-refractivity contribution in [1.82, 2.24) is 9.97 Å². The van der Waals surface area contributed by atoms with Crippen LogP contribution in [0.1, 0.15) is 0 Å². The molecular weight excluding hydrogens is 289 g/mol. The maximum atomic E-state index is 13.2.